The van der Waals surface area contributed by atoms with E-state index in [2.05, 4.69) is 52.0 Å². The van der Waals surface area contributed by atoms with Crippen molar-refractivity contribution in [1.29, 1.82) is 5.26 Å². The number of esters is 1. The topological polar surface area (TPSA) is 87.0 Å². The SMILES string of the molecule is CC(=O)O[C@H]1[C@@H]2O[C@](C#N)(c3ccccc3)S[C@H](COCc3ccccc3)[C@H]2O[C@H](Sc2cc(C(C)(C)C)ccc2C)[C@H]1OCc1ccccc1. The van der Waals surface area contributed by atoms with Crippen LogP contribution in [0.25, 0.3) is 0 Å². The van der Waals surface area contributed by atoms with Crippen LogP contribution in [0, 0.1) is 18.3 Å². The van der Waals surface area contributed by atoms with Gasteiger partial charge in [-0.15, -0.1) is 0 Å². The van der Waals surface area contributed by atoms with Gasteiger partial charge in [-0.1, -0.05) is 147 Å². The van der Waals surface area contributed by atoms with Gasteiger partial charge in [-0.2, -0.15) is 5.26 Å². The molecule has 0 saturated carbocycles. The van der Waals surface area contributed by atoms with Crippen molar-refractivity contribution in [1.82, 2.24) is 0 Å². The van der Waals surface area contributed by atoms with Gasteiger partial charge in [0.25, 0.3) is 0 Å². The number of nitriles is 1. The number of hydrogen-bond acceptors (Lipinski definition) is 9. The first-order valence-corrected chi connectivity index (χ1v) is 19.0. The number of carbonyl (C=O) groups is 1. The van der Waals surface area contributed by atoms with Gasteiger partial charge in [-0.05, 0) is 40.7 Å². The summed E-state index contributed by atoms with van der Waals surface area (Å²) in [6.07, 6.45) is -3.05. The number of aryl methyl sites for hydroxylation is 1. The van der Waals surface area contributed by atoms with E-state index < -0.39 is 40.8 Å². The molecule has 4 aromatic rings. The number of hydrogen-bond donors (Lipinski definition) is 0. The first kappa shape index (κ1) is 37.1. The van der Waals surface area contributed by atoms with Crippen molar-refractivity contribution >= 4 is 29.5 Å². The zero-order valence-electron chi connectivity index (χ0n) is 29.7. The Morgan fingerprint density at radius 2 is 1.51 bits per heavy atom. The average Bonchev–Trinajstić information content (AvgIpc) is 3.13. The van der Waals surface area contributed by atoms with Gasteiger partial charge in [-0.25, -0.2) is 0 Å². The van der Waals surface area contributed by atoms with E-state index >= 15 is 0 Å². The molecule has 0 unspecified atom stereocenters. The Labute approximate surface area is 310 Å². The summed E-state index contributed by atoms with van der Waals surface area (Å²) in [5, 5.41) is 10.5. The number of ether oxygens (including phenoxy) is 5. The highest BCUT2D eigenvalue weighted by Crippen LogP contribution is 2.52. The third-order valence-electron chi connectivity index (χ3n) is 9.10. The standard InChI is InChI=1S/C42H45NO6S2/c1-28-21-22-33(41(3,4)5)23-34(28)50-40-39(46-25-31-17-11-7-12-18-31)37(47-29(2)44)38-36(48-40)35(26-45-24-30-15-9-6-10-16-30)51-42(27-43,49-38)32-19-13-8-14-20-32/h6-23,35-40H,24-26H2,1-5H3/t35-,36-,37+,38-,39+,40-,42+/m1/s1. The summed E-state index contributed by atoms with van der Waals surface area (Å²) in [7, 11) is 0. The number of benzene rings is 4. The van der Waals surface area contributed by atoms with Crippen LogP contribution in [0.1, 0.15) is 55.5 Å². The van der Waals surface area contributed by atoms with E-state index in [4.69, 9.17) is 23.7 Å². The Balaban J connectivity index is 1.41. The zero-order chi connectivity index (χ0) is 36.0. The molecular weight excluding hydrogens is 679 g/mol. The van der Waals surface area contributed by atoms with Crippen molar-refractivity contribution < 1.29 is 28.5 Å². The lowest BCUT2D eigenvalue weighted by Gasteiger charge is -2.53. The molecule has 7 nitrogen and oxygen atoms in total. The summed E-state index contributed by atoms with van der Waals surface area (Å²) in [6.45, 7) is 11.0. The van der Waals surface area contributed by atoms with E-state index in [1.807, 2.05) is 91.0 Å². The zero-order valence-corrected chi connectivity index (χ0v) is 31.3. The Bertz CT molecular complexity index is 1800. The fourth-order valence-electron chi connectivity index (χ4n) is 6.36. The molecule has 2 heterocycles. The van der Waals surface area contributed by atoms with Crippen molar-refractivity contribution in [3.8, 4) is 6.07 Å². The second-order valence-corrected chi connectivity index (χ2v) is 16.5. The van der Waals surface area contributed by atoms with Crippen LogP contribution >= 0.6 is 23.5 Å². The van der Waals surface area contributed by atoms with E-state index in [1.54, 1.807) is 11.8 Å². The molecule has 0 N–H and O–H groups in total. The van der Waals surface area contributed by atoms with Crippen LogP contribution in [0.2, 0.25) is 0 Å². The fourth-order valence-corrected chi connectivity index (χ4v) is 9.04. The van der Waals surface area contributed by atoms with E-state index in [9.17, 15) is 10.1 Å². The molecule has 51 heavy (non-hydrogen) atoms. The summed E-state index contributed by atoms with van der Waals surface area (Å²) in [4.78, 5) is 12.6. The molecule has 0 aromatic heterocycles. The molecule has 0 radical (unpaired) electrons. The van der Waals surface area contributed by atoms with Crippen molar-refractivity contribution in [2.75, 3.05) is 6.61 Å². The average molecular weight is 724 g/mol. The van der Waals surface area contributed by atoms with Gasteiger partial charge < -0.3 is 23.7 Å². The maximum atomic E-state index is 12.9. The molecule has 0 spiro atoms. The Morgan fingerprint density at radius 1 is 0.882 bits per heavy atom. The maximum Gasteiger partial charge on any atom is 0.303 e. The molecular formula is C42H45NO6S2. The molecule has 2 fully saturated rings. The van der Waals surface area contributed by atoms with Crippen LogP contribution in [0.5, 0.6) is 0 Å². The molecule has 2 saturated heterocycles. The first-order chi connectivity index (χ1) is 24.6. The normalized spacial score (nSPS) is 26.1. The van der Waals surface area contributed by atoms with Crippen LogP contribution in [0.4, 0.5) is 0 Å². The molecule has 266 valence electrons. The van der Waals surface area contributed by atoms with Gasteiger partial charge in [-0.3, -0.25) is 4.79 Å². The monoisotopic (exact) mass is 723 g/mol. The van der Waals surface area contributed by atoms with Crippen molar-refractivity contribution in [2.45, 2.75) is 98.2 Å². The Hall–Kier alpha value is -3.62. The molecule has 0 bridgehead atoms. The fraction of sp³-hybridized carbons (Fsp3) is 0.381. The van der Waals surface area contributed by atoms with Gasteiger partial charge in [0.05, 0.1) is 25.1 Å². The maximum absolute atomic E-state index is 12.9. The lowest BCUT2D eigenvalue weighted by Crippen LogP contribution is -2.66. The molecule has 7 atom stereocenters. The van der Waals surface area contributed by atoms with Crippen LogP contribution in [0.3, 0.4) is 0 Å². The molecule has 0 amide bonds. The van der Waals surface area contributed by atoms with Crippen LogP contribution in [-0.4, -0.2) is 47.7 Å². The van der Waals surface area contributed by atoms with E-state index in [0.717, 1.165) is 21.6 Å². The third-order valence-corrected chi connectivity index (χ3v) is 11.9. The summed E-state index contributed by atoms with van der Waals surface area (Å²) >= 11 is 2.95. The number of thioether (sulfide) groups is 2. The van der Waals surface area contributed by atoms with Crippen molar-refractivity contribution in [2.24, 2.45) is 0 Å². The van der Waals surface area contributed by atoms with E-state index in [1.165, 1.54) is 24.2 Å². The number of fused-ring (bicyclic) bond motifs is 1. The summed E-state index contributed by atoms with van der Waals surface area (Å²) in [5.41, 5.74) is 4.37. The summed E-state index contributed by atoms with van der Waals surface area (Å²) < 4.78 is 33.2. The van der Waals surface area contributed by atoms with Gasteiger partial charge in [0.15, 0.2) is 6.10 Å². The van der Waals surface area contributed by atoms with Crippen molar-refractivity contribution in [3.05, 3.63) is 137 Å². The smallest absolute Gasteiger partial charge is 0.303 e. The lowest BCUT2D eigenvalue weighted by atomic mass is 9.87. The van der Waals surface area contributed by atoms with E-state index in [0.29, 0.717) is 12.2 Å². The molecule has 4 aromatic carbocycles. The minimum absolute atomic E-state index is 0.0574. The minimum Gasteiger partial charge on any atom is -0.457 e. The highest BCUT2D eigenvalue weighted by Gasteiger charge is 2.59. The Morgan fingerprint density at radius 3 is 2.12 bits per heavy atom. The summed E-state index contributed by atoms with van der Waals surface area (Å²) in [5.74, 6) is -0.468. The lowest BCUT2D eigenvalue weighted by molar-refractivity contribution is -0.253. The second-order valence-electron chi connectivity index (χ2n) is 14.0. The van der Waals surface area contributed by atoms with Crippen molar-refractivity contribution in [3.63, 3.8) is 0 Å². The number of rotatable bonds is 11. The molecule has 2 aliphatic heterocycles. The Kier molecular flexibility index (Phi) is 11.9. The highest BCUT2D eigenvalue weighted by atomic mass is 32.2. The van der Waals surface area contributed by atoms with Gasteiger partial charge in [0.1, 0.15) is 29.8 Å². The highest BCUT2D eigenvalue weighted by molar-refractivity contribution is 8.01. The number of carbonyl (C=O) groups excluding carboxylic acids is 1. The predicted molar refractivity (Wildman–Crippen MR) is 201 cm³/mol. The molecule has 6 rings (SSSR count). The number of nitrogens with zero attached hydrogens (tertiary/aromatic N) is 1. The first-order valence-electron chi connectivity index (χ1n) is 17.3. The van der Waals surface area contributed by atoms with Gasteiger partial charge in [0.2, 0.25) is 4.93 Å². The van der Waals surface area contributed by atoms with Gasteiger partial charge in [0, 0.05) is 17.4 Å². The predicted octanol–water partition coefficient (Wildman–Crippen LogP) is 8.72. The van der Waals surface area contributed by atoms with Crippen LogP contribution in [-0.2, 0) is 52.0 Å². The quantitative estimate of drug-likeness (QED) is 0.141. The molecule has 2 aliphatic rings. The van der Waals surface area contributed by atoms with Crippen LogP contribution in [0.15, 0.2) is 114 Å². The van der Waals surface area contributed by atoms with E-state index in [-0.39, 0.29) is 23.9 Å². The second kappa shape index (κ2) is 16.4. The summed E-state index contributed by atoms with van der Waals surface area (Å²) in [6, 6.07) is 38.3. The third kappa shape index (κ3) is 8.89. The minimum atomic E-state index is -1.41. The molecule has 0 aliphatic carbocycles. The largest absolute Gasteiger partial charge is 0.457 e. The van der Waals surface area contributed by atoms with Gasteiger partial charge >= 0.3 is 5.97 Å². The molecule has 9 heteroatoms. The van der Waals surface area contributed by atoms with Crippen LogP contribution < -0.4 is 0 Å².